The molecule has 9 heteroatoms. The number of carbonyl (C=O) groups excluding carboxylic acids is 1. The maximum Gasteiger partial charge on any atom is 0.321 e. The van der Waals surface area contributed by atoms with Crippen LogP contribution in [0.4, 0.5) is 0 Å². The van der Waals surface area contributed by atoms with Gasteiger partial charge < -0.3 is 15.5 Å². The van der Waals surface area contributed by atoms with Gasteiger partial charge in [-0.2, -0.15) is 0 Å². The monoisotopic (exact) mass is 398 g/mol. The van der Waals surface area contributed by atoms with E-state index < -0.39 is 21.6 Å². The number of aromatic amines is 1. The zero-order valence-corrected chi connectivity index (χ0v) is 15.8. The fourth-order valence-electron chi connectivity index (χ4n) is 2.56. The van der Waals surface area contributed by atoms with E-state index >= 15 is 0 Å². The van der Waals surface area contributed by atoms with Gasteiger partial charge in [0.2, 0.25) is 0 Å². The predicted molar refractivity (Wildman–Crippen MR) is 105 cm³/mol. The molecule has 0 aliphatic rings. The zero-order valence-electron chi connectivity index (χ0n) is 15.0. The summed E-state index contributed by atoms with van der Waals surface area (Å²) in [6, 6.07) is 13.2. The van der Waals surface area contributed by atoms with Crippen molar-refractivity contribution in [2.24, 2.45) is 5.73 Å². The Morgan fingerprint density at radius 3 is 2.29 bits per heavy atom. The van der Waals surface area contributed by atoms with Crippen molar-refractivity contribution in [2.75, 3.05) is 12.9 Å². The lowest BCUT2D eigenvalue weighted by atomic mass is 10.1. The van der Waals surface area contributed by atoms with Gasteiger partial charge in [0, 0.05) is 22.9 Å². The molecular weight excluding hydrogens is 380 g/mol. The van der Waals surface area contributed by atoms with Gasteiger partial charge in [-0.15, -0.1) is 0 Å². The molecule has 4 N–H and O–H groups in total. The number of amidine groups is 1. The SMILES string of the molecule is COC(=O)CS(=O)(=O)c1ccc(-c2nc(-c3ccc(C(=N)N)cc3)c[nH]2)cc1. The van der Waals surface area contributed by atoms with E-state index in [9.17, 15) is 13.2 Å². The van der Waals surface area contributed by atoms with Crippen LogP contribution in [0.1, 0.15) is 5.56 Å². The molecule has 0 spiro atoms. The number of carbonyl (C=O) groups is 1. The number of nitrogen functional groups attached to an aromatic ring is 1. The molecule has 1 aromatic heterocycles. The first-order chi connectivity index (χ1) is 13.3. The smallest absolute Gasteiger partial charge is 0.321 e. The molecular formula is C19H18N4O4S. The van der Waals surface area contributed by atoms with Gasteiger partial charge in [-0.25, -0.2) is 13.4 Å². The number of hydrogen-bond donors (Lipinski definition) is 3. The summed E-state index contributed by atoms with van der Waals surface area (Å²) in [4.78, 5) is 18.9. The highest BCUT2D eigenvalue weighted by Gasteiger charge is 2.20. The summed E-state index contributed by atoms with van der Waals surface area (Å²) in [6.07, 6.45) is 1.74. The highest BCUT2D eigenvalue weighted by Crippen LogP contribution is 2.24. The number of rotatable bonds is 6. The lowest BCUT2D eigenvalue weighted by Gasteiger charge is -2.04. The Morgan fingerprint density at radius 1 is 1.11 bits per heavy atom. The van der Waals surface area contributed by atoms with Gasteiger partial charge in [-0.3, -0.25) is 10.2 Å². The number of nitrogens with zero attached hydrogens (tertiary/aromatic N) is 1. The third-order valence-corrected chi connectivity index (χ3v) is 5.70. The normalized spacial score (nSPS) is 11.2. The average Bonchev–Trinajstić information content (AvgIpc) is 3.18. The number of nitrogens with one attached hydrogen (secondary N) is 2. The van der Waals surface area contributed by atoms with Crippen LogP contribution < -0.4 is 5.73 Å². The molecule has 144 valence electrons. The highest BCUT2D eigenvalue weighted by molar-refractivity contribution is 7.92. The van der Waals surface area contributed by atoms with E-state index in [1.807, 2.05) is 12.1 Å². The number of ether oxygens (including phenoxy) is 1. The van der Waals surface area contributed by atoms with Crippen molar-refractivity contribution in [2.45, 2.75) is 4.90 Å². The summed E-state index contributed by atoms with van der Waals surface area (Å²) in [6.45, 7) is 0. The van der Waals surface area contributed by atoms with E-state index in [1.54, 1.807) is 30.5 Å². The molecule has 0 bridgehead atoms. The Bertz CT molecular complexity index is 1120. The molecule has 1 heterocycles. The third-order valence-electron chi connectivity index (χ3n) is 4.09. The number of methoxy groups -OCH3 is 1. The summed E-state index contributed by atoms with van der Waals surface area (Å²) in [7, 11) is -2.61. The molecule has 8 nitrogen and oxygen atoms in total. The van der Waals surface area contributed by atoms with Crippen LogP contribution in [-0.2, 0) is 19.4 Å². The van der Waals surface area contributed by atoms with E-state index in [1.165, 1.54) is 12.1 Å². The second-order valence-electron chi connectivity index (χ2n) is 5.98. The van der Waals surface area contributed by atoms with E-state index in [0.29, 0.717) is 22.6 Å². The van der Waals surface area contributed by atoms with Crippen LogP contribution >= 0.6 is 0 Å². The van der Waals surface area contributed by atoms with Crippen molar-refractivity contribution in [1.82, 2.24) is 9.97 Å². The minimum Gasteiger partial charge on any atom is -0.468 e. The standard InChI is InChI=1S/C19H18N4O4S/c1-27-17(24)11-28(25,26)15-8-6-14(7-9-15)19-22-10-16(23-19)12-2-4-13(5-3-12)18(20)21/h2-10H,11H2,1H3,(H3,20,21)(H,22,23). The average molecular weight is 398 g/mol. The first-order valence-corrected chi connectivity index (χ1v) is 9.85. The zero-order chi connectivity index (χ0) is 20.3. The van der Waals surface area contributed by atoms with Crippen LogP contribution in [0.3, 0.4) is 0 Å². The second-order valence-corrected chi connectivity index (χ2v) is 7.97. The molecule has 3 rings (SSSR count). The number of nitrogens with two attached hydrogens (primary N) is 1. The fraction of sp³-hybridized carbons (Fsp3) is 0.105. The summed E-state index contributed by atoms with van der Waals surface area (Å²) >= 11 is 0. The van der Waals surface area contributed by atoms with Crippen molar-refractivity contribution in [3.05, 3.63) is 60.3 Å². The fourth-order valence-corrected chi connectivity index (χ4v) is 3.70. The van der Waals surface area contributed by atoms with E-state index in [0.717, 1.165) is 12.7 Å². The topological polar surface area (TPSA) is 139 Å². The number of aromatic nitrogens is 2. The second kappa shape index (κ2) is 7.65. The van der Waals surface area contributed by atoms with E-state index in [4.69, 9.17) is 11.1 Å². The lowest BCUT2D eigenvalue weighted by molar-refractivity contribution is -0.137. The Kier molecular flexibility index (Phi) is 5.27. The van der Waals surface area contributed by atoms with Gasteiger partial charge >= 0.3 is 5.97 Å². The molecule has 28 heavy (non-hydrogen) atoms. The molecule has 0 saturated heterocycles. The largest absolute Gasteiger partial charge is 0.468 e. The summed E-state index contributed by atoms with van der Waals surface area (Å²) in [5.41, 5.74) is 8.33. The van der Waals surface area contributed by atoms with Gasteiger partial charge in [0.05, 0.1) is 17.7 Å². The first-order valence-electron chi connectivity index (χ1n) is 8.20. The third kappa shape index (κ3) is 4.09. The van der Waals surface area contributed by atoms with Crippen molar-refractivity contribution in [3.63, 3.8) is 0 Å². The molecule has 0 saturated carbocycles. The lowest BCUT2D eigenvalue weighted by Crippen LogP contribution is -2.17. The maximum absolute atomic E-state index is 12.2. The summed E-state index contributed by atoms with van der Waals surface area (Å²) in [5.74, 6) is -0.945. The number of imidazole rings is 1. The molecule has 0 aliphatic heterocycles. The molecule has 0 unspecified atom stereocenters. The van der Waals surface area contributed by atoms with Gasteiger partial charge in [0.15, 0.2) is 15.6 Å². The number of sulfone groups is 1. The number of hydrogen-bond acceptors (Lipinski definition) is 6. The van der Waals surface area contributed by atoms with Crippen LogP contribution in [0.25, 0.3) is 22.6 Å². The van der Waals surface area contributed by atoms with E-state index in [2.05, 4.69) is 14.7 Å². The van der Waals surface area contributed by atoms with Crippen LogP contribution in [0.15, 0.2) is 59.6 Å². The van der Waals surface area contributed by atoms with Gasteiger partial charge in [-0.1, -0.05) is 24.3 Å². The van der Waals surface area contributed by atoms with Gasteiger partial charge in [-0.05, 0) is 24.3 Å². The molecule has 0 atom stereocenters. The van der Waals surface area contributed by atoms with Crippen LogP contribution in [0, 0.1) is 5.41 Å². The Labute approximate surface area is 161 Å². The minimum absolute atomic E-state index is 0.00323. The van der Waals surface area contributed by atoms with Gasteiger partial charge in [0.25, 0.3) is 0 Å². The number of H-pyrrole nitrogens is 1. The molecule has 0 fully saturated rings. The van der Waals surface area contributed by atoms with Crippen LogP contribution in [0.5, 0.6) is 0 Å². The minimum atomic E-state index is -3.75. The van der Waals surface area contributed by atoms with E-state index in [-0.39, 0.29) is 10.7 Å². The van der Waals surface area contributed by atoms with Crippen molar-refractivity contribution >= 4 is 21.6 Å². The quantitative estimate of drug-likeness (QED) is 0.330. The first kappa shape index (κ1) is 19.3. The molecule has 0 amide bonds. The summed E-state index contributed by atoms with van der Waals surface area (Å²) < 4.78 is 28.7. The predicted octanol–water partition coefficient (Wildman–Crippen LogP) is 1.97. The number of benzene rings is 2. The number of esters is 1. The summed E-state index contributed by atoms with van der Waals surface area (Å²) in [5, 5.41) is 7.42. The molecule has 2 aromatic carbocycles. The Balaban J connectivity index is 1.82. The Hall–Kier alpha value is -3.46. The van der Waals surface area contributed by atoms with Crippen LogP contribution in [0.2, 0.25) is 0 Å². The molecule has 0 aliphatic carbocycles. The van der Waals surface area contributed by atoms with Crippen molar-refractivity contribution in [3.8, 4) is 22.6 Å². The molecule has 3 aromatic rings. The van der Waals surface area contributed by atoms with Crippen molar-refractivity contribution < 1.29 is 17.9 Å². The Morgan fingerprint density at radius 2 is 1.71 bits per heavy atom. The highest BCUT2D eigenvalue weighted by atomic mass is 32.2. The van der Waals surface area contributed by atoms with Crippen LogP contribution in [-0.4, -0.2) is 43.1 Å². The maximum atomic E-state index is 12.2. The van der Waals surface area contributed by atoms with Crippen molar-refractivity contribution in [1.29, 1.82) is 5.41 Å². The molecule has 0 radical (unpaired) electrons. The van der Waals surface area contributed by atoms with Gasteiger partial charge in [0.1, 0.15) is 11.7 Å².